The average Bonchev–Trinajstić information content (AvgIpc) is 2.64. The van der Waals surface area contributed by atoms with E-state index >= 15 is 0 Å². The van der Waals surface area contributed by atoms with Crippen molar-refractivity contribution in [2.75, 3.05) is 47.5 Å². The van der Waals surface area contributed by atoms with Gasteiger partial charge in [0, 0.05) is 32.2 Å². The average molecular weight is 409 g/mol. The van der Waals surface area contributed by atoms with Crippen molar-refractivity contribution in [2.45, 2.75) is 38.6 Å². The van der Waals surface area contributed by atoms with E-state index in [2.05, 4.69) is 29.3 Å². The van der Waals surface area contributed by atoms with E-state index in [4.69, 9.17) is 14.2 Å². The Labute approximate surface area is 170 Å². The quantitative estimate of drug-likeness (QED) is 0.623. The summed E-state index contributed by atoms with van der Waals surface area (Å²) in [4.78, 5) is 2.58. The van der Waals surface area contributed by atoms with Crippen molar-refractivity contribution in [3.63, 3.8) is 0 Å². The molecule has 0 unspecified atom stereocenters. The first-order chi connectivity index (χ1) is 11.7. The van der Waals surface area contributed by atoms with E-state index in [0.29, 0.717) is 11.8 Å². The van der Waals surface area contributed by atoms with E-state index in [1.165, 1.54) is 24.8 Å². The molecule has 1 N–H and O–H groups in total. The van der Waals surface area contributed by atoms with Gasteiger partial charge in [0.2, 0.25) is 5.75 Å². The Morgan fingerprint density at radius 3 is 2.00 bits per heavy atom. The topological polar surface area (TPSA) is 43.0 Å². The number of rotatable bonds is 9. The molecule has 0 amide bonds. The van der Waals surface area contributed by atoms with Crippen LogP contribution in [0.5, 0.6) is 17.2 Å². The van der Waals surface area contributed by atoms with Crippen LogP contribution in [0, 0.1) is 0 Å². The van der Waals surface area contributed by atoms with Crippen molar-refractivity contribution >= 4 is 24.8 Å². The number of methoxy groups -OCH3 is 3. The lowest BCUT2D eigenvalue weighted by atomic mass is 9.97. The summed E-state index contributed by atoms with van der Waals surface area (Å²) in [6.45, 7) is 6.50. The van der Waals surface area contributed by atoms with Crippen LogP contribution in [-0.2, 0) is 0 Å². The molecule has 1 heterocycles. The second kappa shape index (κ2) is 13.3. The van der Waals surface area contributed by atoms with Crippen molar-refractivity contribution in [3.8, 4) is 17.2 Å². The Hall–Kier alpha value is -0.880. The number of halogens is 2. The van der Waals surface area contributed by atoms with E-state index in [9.17, 15) is 0 Å². The van der Waals surface area contributed by atoms with Crippen molar-refractivity contribution < 1.29 is 14.2 Å². The molecule has 2 rings (SSSR count). The minimum absolute atomic E-state index is 0. The molecular formula is C19H34Cl2N2O3. The molecule has 0 saturated carbocycles. The van der Waals surface area contributed by atoms with E-state index in [0.717, 1.165) is 44.1 Å². The van der Waals surface area contributed by atoms with Crippen molar-refractivity contribution in [1.29, 1.82) is 0 Å². The third-order valence-corrected chi connectivity index (χ3v) is 4.75. The van der Waals surface area contributed by atoms with Crippen molar-refractivity contribution in [3.05, 3.63) is 17.7 Å². The Bertz CT molecular complexity index is 487. The molecular weight excluding hydrogens is 375 g/mol. The maximum absolute atomic E-state index is 5.55. The number of nitrogens with one attached hydrogen (secondary N) is 1. The number of unbranched alkanes of at least 4 members (excludes halogenated alkanes) is 2. The summed E-state index contributed by atoms with van der Waals surface area (Å²) in [6, 6.07) is 4.62. The molecule has 7 heteroatoms. The maximum atomic E-state index is 5.55. The summed E-state index contributed by atoms with van der Waals surface area (Å²) < 4.78 is 16.6. The lowest BCUT2D eigenvalue weighted by molar-refractivity contribution is 0.162. The molecule has 26 heavy (non-hydrogen) atoms. The molecule has 0 bridgehead atoms. The van der Waals surface area contributed by atoms with Gasteiger partial charge in [0.05, 0.1) is 21.3 Å². The number of hydrogen-bond acceptors (Lipinski definition) is 5. The van der Waals surface area contributed by atoms with Crippen LogP contribution >= 0.6 is 24.8 Å². The molecule has 152 valence electrons. The monoisotopic (exact) mass is 408 g/mol. The molecule has 0 aliphatic carbocycles. The Morgan fingerprint density at radius 2 is 1.54 bits per heavy atom. The molecule has 0 spiro atoms. The molecule has 1 saturated heterocycles. The zero-order valence-electron chi connectivity index (χ0n) is 16.4. The molecule has 1 aromatic carbocycles. The van der Waals surface area contributed by atoms with Gasteiger partial charge in [-0.2, -0.15) is 0 Å². The second-order valence-electron chi connectivity index (χ2n) is 6.26. The predicted molar refractivity (Wildman–Crippen MR) is 112 cm³/mol. The molecule has 0 aromatic heterocycles. The molecule has 1 aliphatic heterocycles. The van der Waals surface area contributed by atoms with Gasteiger partial charge in [-0.05, 0) is 24.1 Å². The van der Waals surface area contributed by atoms with Gasteiger partial charge in [-0.15, -0.1) is 24.8 Å². The van der Waals surface area contributed by atoms with Crippen molar-refractivity contribution in [2.24, 2.45) is 0 Å². The zero-order valence-corrected chi connectivity index (χ0v) is 18.0. The first-order valence-corrected chi connectivity index (χ1v) is 8.99. The summed E-state index contributed by atoms with van der Waals surface area (Å²) >= 11 is 0. The molecule has 1 aromatic rings. The minimum Gasteiger partial charge on any atom is -0.493 e. The van der Waals surface area contributed by atoms with Crippen LogP contribution in [0.15, 0.2) is 12.1 Å². The summed E-state index contributed by atoms with van der Waals surface area (Å²) in [5.41, 5.74) is 1.25. The molecule has 1 fully saturated rings. The van der Waals surface area contributed by atoms with Gasteiger partial charge < -0.3 is 19.5 Å². The number of ether oxygens (including phenoxy) is 3. The van der Waals surface area contributed by atoms with Crippen LogP contribution in [0.3, 0.4) is 0 Å². The minimum atomic E-state index is 0. The predicted octanol–water partition coefficient (Wildman–Crippen LogP) is 4.08. The van der Waals surface area contributed by atoms with Gasteiger partial charge in [-0.3, -0.25) is 4.90 Å². The van der Waals surface area contributed by atoms with E-state index < -0.39 is 0 Å². The highest BCUT2D eigenvalue weighted by Gasteiger charge is 2.24. The van der Waals surface area contributed by atoms with Crippen LogP contribution < -0.4 is 19.5 Å². The number of piperazine rings is 1. The van der Waals surface area contributed by atoms with Crippen LogP contribution in [0.25, 0.3) is 0 Å². The highest BCUT2D eigenvalue weighted by Crippen LogP contribution is 2.41. The lowest BCUT2D eigenvalue weighted by Gasteiger charge is -2.35. The molecule has 5 nitrogen and oxygen atoms in total. The molecule has 0 radical (unpaired) electrons. The standard InChI is InChI=1S/C19H32N2O3.2ClH/c1-5-6-7-8-16(21-11-9-20-10-12-21)15-13-17(22-2)19(24-4)18(14-15)23-3;;/h13-14,16,20H,5-12H2,1-4H3;2*1H/t16-;;/m0../s1. The fourth-order valence-electron chi connectivity index (χ4n) is 3.44. The van der Waals surface area contributed by atoms with Crippen LogP contribution in [0.2, 0.25) is 0 Å². The van der Waals surface area contributed by atoms with E-state index in [-0.39, 0.29) is 24.8 Å². The zero-order chi connectivity index (χ0) is 17.4. The number of benzene rings is 1. The second-order valence-corrected chi connectivity index (χ2v) is 6.26. The summed E-state index contributed by atoms with van der Waals surface area (Å²) in [5, 5.41) is 3.44. The smallest absolute Gasteiger partial charge is 0.203 e. The molecule has 1 atom stereocenters. The van der Waals surface area contributed by atoms with E-state index in [1.807, 2.05) is 0 Å². The highest BCUT2D eigenvalue weighted by atomic mass is 35.5. The summed E-state index contributed by atoms with van der Waals surface area (Å²) in [5.74, 6) is 2.14. The first kappa shape index (κ1) is 25.1. The van der Waals surface area contributed by atoms with Gasteiger partial charge in [0.15, 0.2) is 11.5 Å². The van der Waals surface area contributed by atoms with Crippen molar-refractivity contribution in [1.82, 2.24) is 10.2 Å². The summed E-state index contributed by atoms with van der Waals surface area (Å²) in [7, 11) is 5.00. The van der Waals surface area contributed by atoms with Gasteiger partial charge in [0.25, 0.3) is 0 Å². The molecule has 1 aliphatic rings. The van der Waals surface area contributed by atoms with Gasteiger partial charge in [-0.25, -0.2) is 0 Å². The normalized spacial score (nSPS) is 15.4. The lowest BCUT2D eigenvalue weighted by Crippen LogP contribution is -2.45. The summed E-state index contributed by atoms with van der Waals surface area (Å²) in [6.07, 6.45) is 4.91. The number of hydrogen-bond donors (Lipinski definition) is 1. The maximum Gasteiger partial charge on any atom is 0.203 e. The fraction of sp³-hybridized carbons (Fsp3) is 0.684. The Kier molecular flexibility index (Phi) is 12.9. The third kappa shape index (κ3) is 6.38. The SMILES string of the molecule is CCCCC[C@@H](c1cc(OC)c(OC)c(OC)c1)N1CCNCC1.Cl.Cl. The highest BCUT2D eigenvalue weighted by molar-refractivity contribution is 5.85. The number of nitrogens with zero attached hydrogens (tertiary/aromatic N) is 1. The fourth-order valence-corrected chi connectivity index (χ4v) is 3.44. The third-order valence-electron chi connectivity index (χ3n) is 4.75. The van der Waals surface area contributed by atoms with Gasteiger partial charge >= 0.3 is 0 Å². The Balaban J connectivity index is 0.00000312. The van der Waals surface area contributed by atoms with Crippen LogP contribution in [-0.4, -0.2) is 52.4 Å². The van der Waals surface area contributed by atoms with Crippen LogP contribution in [0.4, 0.5) is 0 Å². The largest absolute Gasteiger partial charge is 0.493 e. The van der Waals surface area contributed by atoms with Gasteiger partial charge in [-0.1, -0.05) is 26.2 Å². The van der Waals surface area contributed by atoms with Gasteiger partial charge in [0.1, 0.15) is 0 Å². The van der Waals surface area contributed by atoms with Crippen LogP contribution in [0.1, 0.15) is 44.2 Å². The van der Waals surface area contributed by atoms with E-state index in [1.54, 1.807) is 21.3 Å². The Morgan fingerprint density at radius 1 is 0.962 bits per heavy atom. The first-order valence-electron chi connectivity index (χ1n) is 8.99.